The van der Waals surface area contributed by atoms with E-state index < -0.39 is 0 Å². The van der Waals surface area contributed by atoms with Gasteiger partial charge in [0.25, 0.3) is 0 Å². The van der Waals surface area contributed by atoms with E-state index in [2.05, 4.69) is 20.1 Å². The average Bonchev–Trinajstić information content (AvgIpc) is 3.66. The summed E-state index contributed by atoms with van der Waals surface area (Å²) in [5, 5.41) is 9.79. The van der Waals surface area contributed by atoms with Crippen molar-refractivity contribution < 1.29 is 14.1 Å². The van der Waals surface area contributed by atoms with Gasteiger partial charge < -0.3 is 14.3 Å². The highest BCUT2D eigenvalue weighted by Crippen LogP contribution is 2.32. The third-order valence-electron chi connectivity index (χ3n) is 7.66. The van der Waals surface area contributed by atoms with Crippen molar-refractivity contribution in [3.8, 4) is 11.4 Å². The molecule has 2 aliphatic rings. The summed E-state index contributed by atoms with van der Waals surface area (Å²) in [7, 11) is 1.92. The van der Waals surface area contributed by atoms with Crippen LogP contribution in [0.3, 0.4) is 0 Å². The van der Waals surface area contributed by atoms with Crippen LogP contribution in [0.1, 0.15) is 36.8 Å². The summed E-state index contributed by atoms with van der Waals surface area (Å²) in [5.41, 5.74) is 4.12. The Morgan fingerprint density at radius 2 is 1.89 bits per heavy atom. The number of fused-ring (bicyclic) bond motifs is 1. The van der Waals surface area contributed by atoms with Crippen LogP contribution in [0.5, 0.6) is 0 Å². The topological polar surface area (TPSA) is 102 Å². The van der Waals surface area contributed by atoms with Crippen molar-refractivity contribution in [2.45, 2.75) is 32.1 Å². The number of rotatable bonds is 4. The molecule has 2 aromatic heterocycles. The van der Waals surface area contributed by atoms with Gasteiger partial charge in [0.2, 0.25) is 23.5 Å². The minimum atomic E-state index is -0.361. The zero-order valence-corrected chi connectivity index (χ0v) is 21.3. The molecule has 0 saturated carbocycles. The molecule has 192 valence electrons. The Hall–Kier alpha value is -4.52. The molecule has 0 radical (unpaired) electrons. The summed E-state index contributed by atoms with van der Waals surface area (Å²) in [6, 6.07) is 12.9. The van der Waals surface area contributed by atoms with Gasteiger partial charge in [-0.2, -0.15) is 10.1 Å². The maximum absolute atomic E-state index is 13.2. The monoisotopic (exact) mass is 509 g/mol. The second kappa shape index (κ2) is 9.41. The fraction of sp³-hybridized carbons (Fsp3) is 0.357. The van der Waals surface area contributed by atoms with Crippen molar-refractivity contribution >= 4 is 34.1 Å². The normalized spacial score (nSPS) is 18.3. The summed E-state index contributed by atoms with van der Waals surface area (Å²) < 4.78 is 7.49. The molecular weight excluding hydrogens is 482 g/mol. The van der Waals surface area contributed by atoms with Gasteiger partial charge in [-0.25, -0.2) is 4.85 Å². The maximum Gasteiger partial charge on any atom is 0.230 e. The molecule has 1 unspecified atom stereocenters. The van der Waals surface area contributed by atoms with Crippen molar-refractivity contribution in [2.24, 2.45) is 13.0 Å². The van der Waals surface area contributed by atoms with E-state index in [9.17, 15) is 9.59 Å². The second-order valence-electron chi connectivity index (χ2n) is 10.0. The highest BCUT2D eigenvalue weighted by atomic mass is 16.5. The lowest BCUT2D eigenvalue weighted by molar-refractivity contribution is -0.136. The van der Waals surface area contributed by atoms with Crippen molar-refractivity contribution in [3.05, 3.63) is 65.5 Å². The van der Waals surface area contributed by atoms with E-state index in [0.717, 1.165) is 40.7 Å². The Morgan fingerprint density at radius 3 is 2.63 bits per heavy atom. The molecule has 4 heterocycles. The molecular formula is C28H27N7O3. The summed E-state index contributed by atoms with van der Waals surface area (Å²) in [6.07, 6.45) is 1.67. The number of amides is 2. The number of hydrogen-bond donors (Lipinski definition) is 0. The molecule has 10 nitrogen and oxygen atoms in total. The summed E-state index contributed by atoms with van der Waals surface area (Å²) in [5.74, 6) is 0.826. The summed E-state index contributed by atoms with van der Waals surface area (Å²) in [6.45, 7) is 10.6. The number of anilines is 1. The lowest BCUT2D eigenvalue weighted by atomic mass is 9.95. The van der Waals surface area contributed by atoms with Crippen LogP contribution in [-0.2, 0) is 16.6 Å². The average molecular weight is 510 g/mol. The van der Waals surface area contributed by atoms with Crippen LogP contribution in [0.25, 0.3) is 27.1 Å². The number of carbonyl (C=O) groups excluding carboxylic acids is 2. The highest BCUT2D eigenvalue weighted by Gasteiger charge is 2.38. The predicted molar refractivity (Wildman–Crippen MR) is 140 cm³/mol. The zero-order chi connectivity index (χ0) is 26.4. The first kappa shape index (κ1) is 23.9. The Kier molecular flexibility index (Phi) is 5.91. The molecule has 10 heteroatoms. The van der Waals surface area contributed by atoms with E-state index in [-0.39, 0.29) is 30.1 Å². The number of hydrogen-bond acceptors (Lipinski definition) is 6. The van der Waals surface area contributed by atoms with Crippen LogP contribution in [0.4, 0.5) is 11.4 Å². The molecule has 0 spiro atoms. The molecule has 4 aromatic rings. The van der Waals surface area contributed by atoms with Crippen molar-refractivity contribution in [3.63, 3.8) is 0 Å². The van der Waals surface area contributed by atoms with Gasteiger partial charge in [0.05, 0.1) is 23.7 Å². The molecule has 0 bridgehead atoms. The number of carbonyl (C=O) groups is 2. The van der Waals surface area contributed by atoms with Crippen LogP contribution in [0, 0.1) is 19.4 Å². The van der Waals surface area contributed by atoms with Crippen molar-refractivity contribution in [1.29, 1.82) is 0 Å². The van der Waals surface area contributed by atoms with Gasteiger partial charge in [0, 0.05) is 55.7 Å². The zero-order valence-electron chi connectivity index (χ0n) is 21.3. The van der Waals surface area contributed by atoms with Crippen LogP contribution in [-0.4, -0.2) is 56.3 Å². The lowest BCUT2D eigenvalue weighted by Gasteiger charge is -2.32. The molecule has 38 heavy (non-hydrogen) atoms. The first-order chi connectivity index (χ1) is 18.4. The van der Waals surface area contributed by atoms with Gasteiger partial charge in [-0.1, -0.05) is 29.4 Å². The number of benzene rings is 2. The van der Waals surface area contributed by atoms with Gasteiger partial charge in [0.1, 0.15) is 0 Å². The minimum Gasteiger partial charge on any atom is -0.342 e. The van der Waals surface area contributed by atoms with Crippen LogP contribution >= 0.6 is 0 Å². The molecule has 6 rings (SSSR count). The molecule has 2 fully saturated rings. The van der Waals surface area contributed by atoms with Gasteiger partial charge in [0.15, 0.2) is 5.69 Å². The van der Waals surface area contributed by atoms with Gasteiger partial charge in [-0.3, -0.25) is 14.3 Å². The molecule has 1 atom stereocenters. The van der Waals surface area contributed by atoms with E-state index in [4.69, 9.17) is 11.1 Å². The van der Waals surface area contributed by atoms with E-state index in [1.807, 2.05) is 41.8 Å². The number of aryl methyl sites for hydroxylation is 2. The smallest absolute Gasteiger partial charge is 0.230 e. The van der Waals surface area contributed by atoms with Gasteiger partial charge in [-0.15, -0.1) is 0 Å². The number of nitrogens with zero attached hydrogens (tertiary/aromatic N) is 7. The maximum atomic E-state index is 13.2. The second-order valence-corrected chi connectivity index (χ2v) is 10.0. The number of piperidine rings is 1. The lowest BCUT2D eigenvalue weighted by Crippen LogP contribution is -2.42. The van der Waals surface area contributed by atoms with E-state index in [1.54, 1.807) is 29.2 Å². The van der Waals surface area contributed by atoms with Crippen molar-refractivity contribution in [2.75, 3.05) is 24.5 Å². The molecule has 2 aliphatic heterocycles. The fourth-order valence-electron chi connectivity index (χ4n) is 5.53. The fourth-order valence-corrected chi connectivity index (χ4v) is 5.53. The minimum absolute atomic E-state index is 0.0167. The largest absolute Gasteiger partial charge is 0.342 e. The standard InChI is InChI=1S/C28H27N7O3/c1-17-23-9-4-19(14-24(23)33(3)31-17)26-30-27(38-32-26)18-10-12-34(13-11-18)28(37)20-15-25(36)35(16-20)22-7-5-21(29-2)6-8-22/h4-9,14,18,20H,10-13,15-16H2,1,3H3. The quantitative estimate of drug-likeness (QED) is 0.382. The molecule has 2 aromatic carbocycles. The van der Waals surface area contributed by atoms with Crippen LogP contribution in [0.15, 0.2) is 47.0 Å². The third-order valence-corrected chi connectivity index (χ3v) is 7.66. The molecule has 2 saturated heterocycles. The molecule has 0 aliphatic carbocycles. The van der Waals surface area contributed by atoms with E-state index in [1.165, 1.54) is 0 Å². The van der Waals surface area contributed by atoms with Gasteiger partial charge in [-0.05, 0) is 38.0 Å². The highest BCUT2D eigenvalue weighted by molar-refractivity contribution is 6.00. The molecule has 2 amide bonds. The van der Waals surface area contributed by atoms with Crippen LogP contribution in [0.2, 0.25) is 0 Å². The predicted octanol–water partition coefficient (Wildman–Crippen LogP) is 4.24. The number of likely N-dealkylation sites (tertiary alicyclic amines) is 1. The van der Waals surface area contributed by atoms with E-state index in [0.29, 0.717) is 37.0 Å². The van der Waals surface area contributed by atoms with Crippen LogP contribution < -0.4 is 4.90 Å². The van der Waals surface area contributed by atoms with Crippen molar-refractivity contribution in [1.82, 2.24) is 24.8 Å². The summed E-state index contributed by atoms with van der Waals surface area (Å²) >= 11 is 0. The summed E-state index contributed by atoms with van der Waals surface area (Å²) in [4.78, 5) is 37.4. The molecule has 0 N–H and O–H groups in total. The van der Waals surface area contributed by atoms with Gasteiger partial charge >= 0.3 is 0 Å². The van der Waals surface area contributed by atoms with E-state index >= 15 is 0 Å². The Morgan fingerprint density at radius 1 is 1.13 bits per heavy atom. The Labute approximate surface area is 219 Å². The SMILES string of the molecule is [C-]#[N+]c1ccc(N2CC(C(=O)N3CCC(c4nc(-c5ccc6c(C)nn(C)c6c5)no4)CC3)CC2=O)cc1. The Balaban J connectivity index is 1.08. The first-order valence-corrected chi connectivity index (χ1v) is 12.8. The third kappa shape index (κ3) is 4.20. The first-order valence-electron chi connectivity index (χ1n) is 12.8. The Bertz CT molecular complexity index is 1570. The number of aromatic nitrogens is 4.